The van der Waals surface area contributed by atoms with Crippen LogP contribution in [0.5, 0.6) is 0 Å². The van der Waals surface area contributed by atoms with Gasteiger partial charge in [0.25, 0.3) is 0 Å². The SMILES string of the molecule is OC(Cc1ccccc1F)c1cc(Cl)ccc1Cl. The summed E-state index contributed by atoms with van der Waals surface area (Å²) in [7, 11) is 0. The van der Waals surface area contributed by atoms with Gasteiger partial charge >= 0.3 is 0 Å². The van der Waals surface area contributed by atoms with Crippen LogP contribution in [0.15, 0.2) is 42.5 Å². The van der Waals surface area contributed by atoms with E-state index >= 15 is 0 Å². The fraction of sp³-hybridized carbons (Fsp3) is 0.143. The third-order valence-electron chi connectivity index (χ3n) is 2.69. The highest BCUT2D eigenvalue weighted by atomic mass is 35.5. The van der Waals surface area contributed by atoms with Crippen molar-refractivity contribution in [3.05, 3.63) is 69.5 Å². The van der Waals surface area contributed by atoms with E-state index in [9.17, 15) is 9.50 Å². The van der Waals surface area contributed by atoms with Crippen LogP contribution in [-0.2, 0) is 6.42 Å². The molecule has 0 radical (unpaired) electrons. The van der Waals surface area contributed by atoms with Crippen molar-refractivity contribution < 1.29 is 9.50 Å². The molecule has 0 fully saturated rings. The van der Waals surface area contributed by atoms with Crippen molar-refractivity contribution in [2.45, 2.75) is 12.5 Å². The van der Waals surface area contributed by atoms with Gasteiger partial charge in [-0.2, -0.15) is 0 Å². The van der Waals surface area contributed by atoms with Crippen molar-refractivity contribution >= 4 is 23.2 Å². The number of rotatable bonds is 3. The van der Waals surface area contributed by atoms with E-state index in [1.165, 1.54) is 6.07 Å². The molecule has 0 aromatic heterocycles. The first-order valence-electron chi connectivity index (χ1n) is 5.44. The van der Waals surface area contributed by atoms with Gasteiger partial charge in [0.05, 0.1) is 6.10 Å². The predicted octanol–water partition coefficient (Wildman–Crippen LogP) is 4.41. The Bertz CT molecular complexity index is 557. The molecule has 1 N–H and O–H groups in total. The lowest BCUT2D eigenvalue weighted by Gasteiger charge is -2.13. The molecule has 0 amide bonds. The van der Waals surface area contributed by atoms with Crippen molar-refractivity contribution in [1.29, 1.82) is 0 Å². The molecule has 0 aliphatic heterocycles. The largest absolute Gasteiger partial charge is 0.388 e. The summed E-state index contributed by atoms with van der Waals surface area (Å²) in [6, 6.07) is 11.2. The van der Waals surface area contributed by atoms with Crippen LogP contribution in [0.25, 0.3) is 0 Å². The first-order chi connectivity index (χ1) is 8.58. The number of aliphatic hydroxyl groups is 1. The van der Waals surface area contributed by atoms with E-state index in [-0.39, 0.29) is 12.2 Å². The second-order valence-corrected chi connectivity index (χ2v) is 4.82. The van der Waals surface area contributed by atoms with Crippen molar-refractivity contribution in [2.75, 3.05) is 0 Å². The summed E-state index contributed by atoms with van der Waals surface area (Å²) >= 11 is 11.8. The lowest BCUT2D eigenvalue weighted by atomic mass is 10.0. The molecule has 1 atom stereocenters. The van der Waals surface area contributed by atoms with Gasteiger partial charge in [-0.25, -0.2) is 4.39 Å². The molecule has 0 saturated heterocycles. The fourth-order valence-electron chi connectivity index (χ4n) is 1.75. The van der Waals surface area contributed by atoms with Crippen LogP contribution >= 0.6 is 23.2 Å². The highest BCUT2D eigenvalue weighted by Crippen LogP contribution is 2.28. The molecular formula is C14H11Cl2FO. The van der Waals surface area contributed by atoms with E-state index < -0.39 is 6.10 Å². The van der Waals surface area contributed by atoms with Crippen LogP contribution in [0.2, 0.25) is 10.0 Å². The van der Waals surface area contributed by atoms with E-state index in [1.54, 1.807) is 36.4 Å². The topological polar surface area (TPSA) is 20.2 Å². The average molecular weight is 285 g/mol. The number of hydrogen-bond acceptors (Lipinski definition) is 1. The smallest absolute Gasteiger partial charge is 0.126 e. The monoisotopic (exact) mass is 284 g/mol. The van der Waals surface area contributed by atoms with Crippen molar-refractivity contribution in [1.82, 2.24) is 0 Å². The number of aliphatic hydroxyl groups excluding tert-OH is 1. The highest BCUT2D eigenvalue weighted by Gasteiger charge is 2.14. The number of benzene rings is 2. The predicted molar refractivity (Wildman–Crippen MR) is 71.5 cm³/mol. The molecule has 0 heterocycles. The van der Waals surface area contributed by atoms with Gasteiger partial charge in [-0.1, -0.05) is 41.4 Å². The molecule has 1 unspecified atom stereocenters. The van der Waals surface area contributed by atoms with Gasteiger partial charge in [-0.3, -0.25) is 0 Å². The zero-order chi connectivity index (χ0) is 13.1. The number of hydrogen-bond donors (Lipinski definition) is 1. The third kappa shape index (κ3) is 3.02. The molecule has 0 aliphatic rings. The molecule has 0 aliphatic carbocycles. The summed E-state index contributed by atoms with van der Waals surface area (Å²) in [6.45, 7) is 0. The molecule has 2 rings (SSSR count). The minimum absolute atomic E-state index is 0.159. The Labute approximate surface area is 115 Å². The molecular weight excluding hydrogens is 274 g/mol. The van der Waals surface area contributed by atoms with Crippen LogP contribution < -0.4 is 0 Å². The lowest BCUT2D eigenvalue weighted by Crippen LogP contribution is -2.04. The Kier molecular flexibility index (Phi) is 4.23. The van der Waals surface area contributed by atoms with E-state index in [0.29, 0.717) is 21.2 Å². The minimum Gasteiger partial charge on any atom is -0.388 e. The van der Waals surface area contributed by atoms with Crippen LogP contribution in [0.1, 0.15) is 17.2 Å². The van der Waals surface area contributed by atoms with E-state index in [2.05, 4.69) is 0 Å². The lowest BCUT2D eigenvalue weighted by molar-refractivity contribution is 0.177. The van der Waals surface area contributed by atoms with Gasteiger partial charge in [0.2, 0.25) is 0 Å². The summed E-state index contributed by atoms with van der Waals surface area (Å²) in [5.41, 5.74) is 0.952. The summed E-state index contributed by atoms with van der Waals surface area (Å²) in [5.74, 6) is -0.338. The normalized spacial score (nSPS) is 12.4. The Morgan fingerprint density at radius 3 is 2.56 bits per heavy atom. The number of halogens is 3. The molecule has 94 valence electrons. The van der Waals surface area contributed by atoms with Crippen molar-refractivity contribution in [2.24, 2.45) is 0 Å². The first-order valence-corrected chi connectivity index (χ1v) is 6.20. The summed E-state index contributed by atoms with van der Waals surface area (Å²) in [4.78, 5) is 0. The third-order valence-corrected chi connectivity index (χ3v) is 3.27. The van der Waals surface area contributed by atoms with Crippen LogP contribution in [0, 0.1) is 5.82 Å². The molecule has 2 aromatic rings. The van der Waals surface area contributed by atoms with Crippen LogP contribution in [0.4, 0.5) is 4.39 Å². The minimum atomic E-state index is -0.881. The molecule has 0 bridgehead atoms. The Morgan fingerprint density at radius 1 is 1.11 bits per heavy atom. The van der Waals surface area contributed by atoms with E-state index in [0.717, 1.165) is 0 Å². The van der Waals surface area contributed by atoms with E-state index in [1.807, 2.05) is 0 Å². The van der Waals surface area contributed by atoms with Gasteiger partial charge in [-0.15, -0.1) is 0 Å². The zero-order valence-corrected chi connectivity index (χ0v) is 10.9. The summed E-state index contributed by atoms with van der Waals surface area (Å²) in [6.07, 6.45) is -0.722. The van der Waals surface area contributed by atoms with Gasteiger partial charge in [0.1, 0.15) is 5.82 Å². The fourth-order valence-corrected chi connectivity index (χ4v) is 2.18. The average Bonchev–Trinajstić information content (AvgIpc) is 2.35. The second-order valence-electron chi connectivity index (χ2n) is 3.98. The van der Waals surface area contributed by atoms with Crippen molar-refractivity contribution in [3.63, 3.8) is 0 Å². The van der Waals surface area contributed by atoms with Gasteiger partial charge in [-0.05, 0) is 29.8 Å². The molecule has 18 heavy (non-hydrogen) atoms. The molecule has 4 heteroatoms. The summed E-state index contributed by atoms with van der Waals surface area (Å²) < 4.78 is 13.5. The molecule has 0 saturated carbocycles. The van der Waals surface area contributed by atoms with Gasteiger partial charge < -0.3 is 5.11 Å². The first kappa shape index (κ1) is 13.3. The standard InChI is InChI=1S/C14H11Cl2FO/c15-10-5-6-12(16)11(8-10)14(18)7-9-3-1-2-4-13(9)17/h1-6,8,14,18H,7H2. The highest BCUT2D eigenvalue weighted by molar-refractivity contribution is 6.33. The maximum absolute atomic E-state index is 13.5. The maximum Gasteiger partial charge on any atom is 0.126 e. The van der Waals surface area contributed by atoms with Crippen molar-refractivity contribution in [3.8, 4) is 0 Å². The Balaban J connectivity index is 2.25. The second kappa shape index (κ2) is 5.70. The van der Waals surface area contributed by atoms with Gasteiger partial charge in [0.15, 0.2) is 0 Å². The summed E-state index contributed by atoms with van der Waals surface area (Å²) in [5, 5.41) is 11.0. The molecule has 0 spiro atoms. The Hall–Kier alpha value is -1.09. The van der Waals surface area contributed by atoms with E-state index in [4.69, 9.17) is 23.2 Å². The Morgan fingerprint density at radius 2 is 1.83 bits per heavy atom. The molecule has 1 nitrogen and oxygen atoms in total. The van der Waals surface area contributed by atoms with Gasteiger partial charge in [0, 0.05) is 22.0 Å². The maximum atomic E-state index is 13.5. The van der Waals surface area contributed by atoms with Crippen LogP contribution in [0.3, 0.4) is 0 Å². The molecule has 2 aromatic carbocycles. The quantitative estimate of drug-likeness (QED) is 0.885. The van der Waals surface area contributed by atoms with Crippen LogP contribution in [-0.4, -0.2) is 5.11 Å². The zero-order valence-electron chi connectivity index (χ0n) is 9.41.